The maximum absolute atomic E-state index is 12.0. The number of aliphatic carboxylic acids is 1. The van der Waals surface area contributed by atoms with E-state index in [1.54, 1.807) is 18.2 Å². The Kier molecular flexibility index (Phi) is 4.67. The molecule has 1 fully saturated rings. The Bertz CT molecular complexity index is 688. The van der Waals surface area contributed by atoms with Gasteiger partial charge >= 0.3 is 5.97 Å². The second kappa shape index (κ2) is 6.32. The summed E-state index contributed by atoms with van der Waals surface area (Å²) in [5.41, 5.74) is 0.706. The standard InChI is InChI=1S/C13H16N2O6S/c1-22(19,20)15-9-4-2-3-8(7-9)14-12(16)10-5-6-11(21-10)13(17)18/h2-4,7,10-11,15H,5-6H2,1H3,(H,14,16)(H,17,18)/t10-,11+/m0/s1. The molecule has 2 atom stereocenters. The van der Waals surface area contributed by atoms with Crippen LogP contribution in [0, 0.1) is 0 Å². The van der Waals surface area contributed by atoms with Gasteiger partial charge in [0, 0.05) is 5.69 Å². The fourth-order valence-corrected chi connectivity index (χ4v) is 2.66. The minimum Gasteiger partial charge on any atom is -0.479 e. The molecule has 0 unspecified atom stereocenters. The van der Waals surface area contributed by atoms with Crippen LogP contribution in [-0.2, 0) is 24.3 Å². The molecule has 8 nitrogen and oxygen atoms in total. The number of benzene rings is 1. The number of amides is 1. The third kappa shape index (κ3) is 4.43. The quantitative estimate of drug-likeness (QED) is 0.729. The van der Waals surface area contributed by atoms with Crippen LogP contribution in [0.5, 0.6) is 0 Å². The summed E-state index contributed by atoms with van der Waals surface area (Å²) in [4.78, 5) is 22.8. The van der Waals surface area contributed by atoms with Crippen molar-refractivity contribution >= 4 is 33.3 Å². The Hall–Kier alpha value is -2.13. The van der Waals surface area contributed by atoms with Crippen LogP contribution in [0.15, 0.2) is 24.3 Å². The van der Waals surface area contributed by atoms with E-state index < -0.39 is 34.1 Å². The first-order valence-corrected chi connectivity index (χ1v) is 8.41. The molecule has 0 aromatic heterocycles. The fraction of sp³-hybridized carbons (Fsp3) is 0.385. The number of sulfonamides is 1. The van der Waals surface area contributed by atoms with E-state index >= 15 is 0 Å². The van der Waals surface area contributed by atoms with E-state index in [0.717, 1.165) is 6.26 Å². The molecule has 0 spiro atoms. The lowest BCUT2D eigenvalue weighted by atomic mass is 10.2. The number of carboxylic acids is 1. The van der Waals surface area contributed by atoms with Gasteiger partial charge in [0.2, 0.25) is 10.0 Å². The molecule has 1 amide bonds. The normalized spacial score (nSPS) is 21.3. The molecule has 1 aliphatic heterocycles. The third-order valence-electron chi connectivity index (χ3n) is 3.02. The lowest BCUT2D eigenvalue weighted by molar-refractivity contribution is -0.150. The highest BCUT2D eigenvalue weighted by atomic mass is 32.2. The van der Waals surface area contributed by atoms with E-state index in [9.17, 15) is 18.0 Å². The van der Waals surface area contributed by atoms with Crippen molar-refractivity contribution in [2.75, 3.05) is 16.3 Å². The zero-order chi connectivity index (χ0) is 16.3. The van der Waals surface area contributed by atoms with Gasteiger partial charge in [0.25, 0.3) is 5.91 Å². The van der Waals surface area contributed by atoms with E-state index in [1.165, 1.54) is 6.07 Å². The molecule has 1 saturated heterocycles. The largest absolute Gasteiger partial charge is 0.479 e. The van der Waals surface area contributed by atoms with Gasteiger partial charge < -0.3 is 15.2 Å². The van der Waals surface area contributed by atoms with Crippen molar-refractivity contribution in [3.63, 3.8) is 0 Å². The summed E-state index contributed by atoms with van der Waals surface area (Å²) in [6, 6.07) is 6.18. The van der Waals surface area contributed by atoms with Crippen molar-refractivity contribution < 1.29 is 27.9 Å². The molecule has 1 aromatic rings. The highest BCUT2D eigenvalue weighted by molar-refractivity contribution is 7.92. The van der Waals surface area contributed by atoms with E-state index in [1.807, 2.05) is 0 Å². The number of anilines is 2. The number of hydrogen-bond acceptors (Lipinski definition) is 5. The summed E-state index contributed by atoms with van der Waals surface area (Å²) in [6.07, 6.45) is -0.161. The fourth-order valence-electron chi connectivity index (χ4n) is 2.11. The molecule has 1 aliphatic rings. The first-order chi connectivity index (χ1) is 10.2. The zero-order valence-electron chi connectivity index (χ0n) is 11.8. The molecule has 0 radical (unpaired) electrons. The topological polar surface area (TPSA) is 122 Å². The zero-order valence-corrected chi connectivity index (χ0v) is 12.6. The third-order valence-corrected chi connectivity index (χ3v) is 3.63. The molecule has 0 saturated carbocycles. The van der Waals surface area contributed by atoms with Crippen LogP contribution in [0.4, 0.5) is 11.4 Å². The van der Waals surface area contributed by atoms with Crippen molar-refractivity contribution in [2.24, 2.45) is 0 Å². The second-order valence-corrected chi connectivity index (χ2v) is 6.72. The molecule has 1 heterocycles. The molecule has 3 N–H and O–H groups in total. The number of carboxylic acid groups (broad SMARTS) is 1. The second-order valence-electron chi connectivity index (χ2n) is 4.97. The predicted molar refractivity (Wildman–Crippen MR) is 79.1 cm³/mol. The van der Waals surface area contributed by atoms with Gasteiger partial charge in [-0.1, -0.05) is 6.07 Å². The first-order valence-electron chi connectivity index (χ1n) is 6.51. The molecule has 0 bridgehead atoms. The van der Waals surface area contributed by atoms with Crippen LogP contribution < -0.4 is 10.0 Å². The van der Waals surface area contributed by atoms with Crippen LogP contribution >= 0.6 is 0 Å². The SMILES string of the molecule is CS(=O)(=O)Nc1cccc(NC(=O)[C@@H]2CC[C@H](C(=O)O)O2)c1. The minimum atomic E-state index is -3.41. The van der Waals surface area contributed by atoms with Crippen LogP contribution in [0.2, 0.25) is 0 Å². The monoisotopic (exact) mass is 328 g/mol. The van der Waals surface area contributed by atoms with Crippen LogP contribution in [0.3, 0.4) is 0 Å². The summed E-state index contributed by atoms with van der Waals surface area (Å²) in [5.74, 6) is -1.55. The van der Waals surface area contributed by atoms with Crippen molar-refractivity contribution in [1.82, 2.24) is 0 Å². The maximum Gasteiger partial charge on any atom is 0.332 e. The van der Waals surface area contributed by atoms with Crippen molar-refractivity contribution in [3.8, 4) is 0 Å². The van der Waals surface area contributed by atoms with Crippen molar-refractivity contribution in [1.29, 1.82) is 0 Å². The molecule has 2 rings (SSSR count). The van der Waals surface area contributed by atoms with Crippen LogP contribution in [-0.4, -0.2) is 43.9 Å². The average molecular weight is 328 g/mol. The number of carbonyl (C=O) groups is 2. The number of rotatable bonds is 5. The Morgan fingerprint density at radius 1 is 1.23 bits per heavy atom. The highest BCUT2D eigenvalue weighted by Gasteiger charge is 2.34. The Morgan fingerprint density at radius 3 is 2.45 bits per heavy atom. The molecule has 9 heteroatoms. The smallest absolute Gasteiger partial charge is 0.332 e. The maximum atomic E-state index is 12.0. The van der Waals surface area contributed by atoms with E-state index in [4.69, 9.17) is 9.84 Å². The number of hydrogen-bond donors (Lipinski definition) is 3. The molecule has 22 heavy (non-hydrogen) atoms. The highest BCUT2D eigenvalue weighted by Crippen LogP contribution is 2.22. The van der Waals surface area contributed by atoms with E-state index in [-0.39, 0.29) is 6.42 Å². The Balaban J connectivity index is 2.00. The van der Waals surface area contributed by atoms with Gasteiger partial charge in [-0.15, -0.1) is 0 Å². The first kappa shape index (κ1) is 16.2. The van der Waals surface area contributed by atoms with Gasteiger partial charge in [0.15, 0.2) is 6.10 Å². The average Bonchev–Trinajstić information content (AvgIpc) is 2.86. The Morgan fingerprint density at radius 2 is 1.86 bits per heavy atom. The van der Waals surface area contributed by atoms with Crippen molar-refractivity contribution in [2.45, 2.75) is 25.0 Å². The van der Waals surface area contributed by atoms with Gasteiger partial charge in [0.05, 0.1) is 11.9 Å². The van der Waals surface area contributed by atoms with Crippen molar-refractivity contribution in [3.05, 3.63) is 24.3 Å². The van der Waals surface area contributed by atoms with E-state index in [2.05, 4.69) is 10.0 Å². The molecular weight excluding hydrogens is 312 g/mol. The molecular formula is C13H16N2O6S. The van der Waals surface area contributed by atoms with Crippen LogP contribution in [0.25, 0.3) is 0 Å². The lowest BCUT2D eigenvalue weighted by Gasteiger charge is -2.12. The molecule has 1 aromatic carbocycles. The number of ether oxygens (including phenoxy) is 1. The van der Waals surface area contributed by atoms with E-state index in [0.29, 0.717) is 17.8 Å². The summed E-state index contributed by atoms with van der Waals surface area (Å²) < 4.78 is 29.8. The predicted octanol–water partition coefficient (Wildman–Crippen LogP) is 0.629. The summed E-state index contributed by atoms with van der Waals surface area (Å²) in [5, 5.41) is 11.4. The lowest BCUT2D eigenvalue weighted by Crippen LogP contribution is -2.29. The van der Waals surface area contributed by atoms with Crippen LogP contribution in [0.1, 0.15) is 12.8 Å². The summed E-state index contributed by atoms with van der Waals surface area (Å²) in [7, 11) is -3.41. The number of carbonyl (C=O) groups excluding carboxylic acids is 1. The minimum absolute atomic E-state index is 0.281. The van der Waals surface area contributed by atoms with Gasteiger partial charge in [-0.05, 0) is 31.0 Å². The molecule has 120 valence electrons. The number of nitrogens with one attached hydrogen (secondary N) is 2. The molecule has 0 aliphatic carbocycles. The van der Waals surface area contributed by atoms with Gasteiger partial charge in [0.1, 0.15) is 6.10 Å². The van der Waals surface area contributed by atoms with Gasteiger partial charge in [-0.25, -0.2) is 13.2 Å². The Labute approximate surface area is 127 Å². The van der Waals surface area contributed by atoms with Gasteiger partial charge in [-0.2, -0.15) is 0 Å². The summed E-state index contributed by atoms with van der Waals surface area (Å²) >= 11 is 0. The van der Waals surface area contributed by atoms with Gasteiger partial charge in [-0.3, -0.25) is 9.52 Å². The summed E-state index contributed by atoms with van der Waals surface area (Å²) in [6.45, 7) is 0.